The molecule has 2 aliphatic heterocycles. The van der Waals surface area contributed by atoms with Gasteiger partial charge in [-0.05, 0) is 30.5 Å². The zero-order chi connectivity index (χ0) is 21.0. The van der Waals surface area contributed by atoms with Crippen LogP contribution in [0.1, 0.15) is 31.7 Å². The number of hydrogen-bond donors (Lipinski definition) is 2. The second-order valence-electron chi connectivity index (χ2n) is 7.37. The van der Waals surface area contributed by atoms with Crippen LogP contribution in [0.2, 0.25) is 0 Å². The number of carbonyl (C=O) groups excluding carboxylic acids is 2. The number of carbonyl (C=O) groups is 2. The molecular formula is C19H27FN4O4S. The lowest BCUT2D eigenvalue weighted by Crippen LogP contribution is -2.51. The summed E-state index contributed by atoms with van der Waals surface area (Å²) in [7, 11) is -3.99. The van der Waals surface area contributed by atoms with E-state index in [9.17, 15) is 22.4 Å². The molecule has 0 atom stereocenters. The highest BCUT2D eigenvalue weighted by Crippen LogP contribution is 2.30. The van der Waals surface area contributed by atoms with E-state index in [4.69, 9.17) is 0 Å². The van der Waals surface area contributed by atoms with Gasteiger partial charge in [-0.25, -0.2) is 12.8 Å². The molecule has 1 aromatic rings. The molecule has 2 amide bonds. The Hall–Kier alpha value is -2.04. The van der Waals surface area contributed by atoms with Crippen molar-refractivity contribution >= 4 is 27.5 Å². The van der Waals surface area contributed by atoms with Crippen molar-refractivity contribution in [1.82, 2.24) is 14.5 Å². The molecule has 160 valence electrons. The summed E-state index contributed by atoms with van der Waals surface area (Å²) in [5, 5.41) is 5.41. The molecule has 0 saturated carbocycles. The Morgan fingerprint density at radius 3 is 2.62 bits per heavy atom. The van der Waals surface area contributed by atoms with E-state index >= 15 is 0 Å². The Morgan fingerprint density at radius 1 is 1.21 bits per heavy atom. The number of aryl methyl sites for hydroxylation is 1. The number of benzene rings is 1. The van der Waals surface area contributed by atoms with Crippen LogP contribution in [0.4, 0.5) is 10.1 Å². The van der Waals surface area contributed by atoms with Gasteiger partial charge in [-0.15, -0.1) is 0 Å². The third-order valence-corrected chi connectivity index (χ3v) is 7.14. The molecule has 1 fully saturated rings. The lowest BCUT2D eigenvalue weighted by atomic mass is 10.0. The Kier molecular flexibility index (Phi) is 6.86. The first-order chi connectivity index (χ1) is 13.8. The maximum atomic E-state index is 14.5. The first-order valence-electron chi connectivity index (χ1n) is 9.92. The number of rotatable bonds is 7. The molecule has 29 heavy (non-hydrogen) atoms. The number of halogens is 1. The molecule has 2 aliphatic rings. The number of anilines is 1. The highest BCUT2D eigenvalue weighted by atomic mass is 32.2. The van der Waals surface area contributed by atoms with E-state index in [1.807, 2.05) is 11.8 Å². The highest BCUT2D eigenvalue weighted by molar-refractivity contribution is 7.89. The number of amides is 2. The van der Waals surface area contributed by atoms with Crippen molar-refractivity contribution in [2.24, 2.45) is 0 Å². The van der Waals surface area contributed by atoms with E-state index in [1.165, 1.54) is 10.4 Å². The van der Waals surface area contributed by atoms with E-state index in [-0.39, 0.29) is 42.8 Å². The minimum atomic E-state index is -3.99. The molecule has 0 aliphatic carbocycles. The average molecular weight is 427 g/mol. The summed E-state index contributed by atoms with van der Waals surface area (Å²) in [6, 6.07) is 2.41. The molecule has 1 aromatic carbocycles. The molecule has 0 radical (unpaired) electrons. The van der Waals surface area contributed by atoms with Gasteiger partial charge in [-0.2, -0.15) is 4.31 Å². The Morgan fingerprint density at radius 2 is 1.93 bits per heavy atom. The van der Waals surface area contributed by atoms with E-state index in [0.717, 1.165) is 18.9 Å². The van der Waals surface area contributed by atoms with Crippen LogP contribution in [-0.2, 0) is 26.0 Å². The summed E-state index contributed by atoms with van der Waals surface area (Å²) < 4.78 is 41.7. The smallest absolute Gasteiger partial charge is 0.246 e. The van der Waals surface area contributed by atoms with Gasteiger partial charge >= 0.3 is 0 Å². The van der Waals surface area contributed by atoms with Gasteiger partial charge in [0.05, 0.1) is 6.54 Å². The Labute approximate surface area is 170 Å². The van der Waals surface area contributed by atoms with Crippen molar-refractivity contribution in [3.63, 3.8) is 0 Å². The zero-order valence-corrected chi connectivity index (χ0v) is 17.4. The van der Waals surface area contributed by atoms with Gasteiger partial charge in [-0.1, -0.05) is 13.3 Å². The van der Waals surface area contributed by atoms with Gasteiger partial charge in [0.25, 0.3) is 0 Å². The topological polar surface area (TPSA) is 98.8 Å². The molecule has 0 bridgehead atoms. The summed E-state index contributed by atoms with van der Waals surface area (Å²) in [5.74, 6) is -1.15. The lowest BCUT2D eigenvalue weighted by Gasteiger charge is -2.33. The van der Waals surface area contributed by atoms with Crippen LogP contribution < -0.4 is 10.6 Å². The number of sulfonamides is 1. The molecule has 0 unspecified atom stereocenters. The first kappa shape index (κ1) is 21.7. The van der Waals surface area contributed by atoms with Crippen LogP contribution in [0.25, 0.3) is 0 Å². The second-order valence-corrected chi connectivity index (χ2v) is 9.28. The Bertz CT molecular complexity index is 882. The minimum absolute atomic E-state index is 0.0717. The van der Waals surface area contributed by atoms with Gasteiger partial charge in [0.15, 0.2) is 0 Å². The van der Waals surface area contributed by atoms with Gasteiger partial charge < -0.3 is 10.6 Å². The summed E-state index contributed by atoms with van der Waals surface area (Å²) in [4.78, 5) is 24.9. The Balaban J connectivity index is 1.63. The van der Waals surface area contributed by atoms with Crippen LogP contribution in [0.15, 0.2) is 17.0 Å². The number of nitrogens with one attached hydrogen (secondary N) is 2. The molecule has 0 spiro atoms. The monoisotopic (exact) mass is 426 g/mol. The molecule has 8 nitrogen and oxygen atoms in total. The van der Waals surface area contributed by atoms with E-state index in [0.29, 0.717) is 37.3 Å². The van der Waals surface area contributed by atoms with Crippen molar-refractivity contribution in [3.05, 3.63) is 23.5 Å². The largest absolute Gasteiger partial charge is 0.355 e. The summed E-state index contributed by atoms with van der Waals surface area (Å²) in [6.07, 6.45) is 2.55. The van der Waals surface area contributed by atoms with Gasteiger partial charge in [0.1, 0.15) is 10.7 Å². The average Bonchev–Trinajstić information content (AvgIpc) is 2.68. The molecule has 2 heterocycles. The third kappa shape index (κ3) is 5.12. The van der Waals surface area contributed by atoms with Crippen molar-refractivity contribution in [2.45, 2.75) is 37.5 Å². The number of hydrogen-bond acceptors (Lipinski definition) is 5. The number of nitrogens with zero attached hydrogens (tertiary/aromatic N) is 2. The van der Waals surface area contributed by atoms with Crippen molar-refractivity contribution in [3.8, 4) is 0 Å². The summed E-state index contributed by atoms with van der Waals surface area (Å²) in [6.45, 7) is 4.11. The normalized spacial score (nSPS) is 18.2. The summed E-state index contributed by atoms with van der Waals surface area (Å²) in [5.41, 5.74) is 0.948. The number of piperazine rings is 1. The fraction of sp³-hybridized carbons (Fsp3) is 0.579. The predicted octanol–water partition coefficient (Wildman–Crippen LogP) is 0.933. The second kappa shape index (κ2) is 9.19. The van der Waals surface area contributed by atoms with E-state index in [1.54, 1.807) is 0 Å². The van der Waals surface area contributed by atoms with Crippen LogP contribution >= 0.6 is 0 Å². The number of fused-ring (bicyclic) bond motifs is 1. The standard InChI is InChI=1S/C19H27FN4O4S/c1-2-3-6-21-19(26)13-23-7-9-24(10-8-23)29(27,28)17-11-14-4-5-18(25)22-16(14)12-15(17)20/h11-12H,2-10,13H2,1H3,(H,21,26)(H,22,25). The molecular weight excluding hydrogens is 399 g/mol. The predicted molar refractivity (Wildman–Crippen MR) is 106 cm³/mol. The number of unbranched alkanes of at least 4 members (excludes halogenated alkanes) is 1. The fourth-order valence-electron chi connectivity index (χ4n) is 3.51. The summed E-state index contributed by atoms with van der Waals surface area (Å²) >= 11 is 0. The quantitative estimate of drug-likeness (QED) is 0.632. The highest BCUT2D eigenvalue weighted by Gasteiger charge is 2.32. The fourth-order valence-corrected chi connectivity index (χ4v) is 5.03. The van der Waals surface area contributed by atoms with Crippen LogP contribution in [-0.4, -0.2) is 68.7 Å². The lowest BCUT2D eigenvalue weighted by molar-refractivity contribution is -0.122. The molecule has 3 rings (SSSR count). The van der Waals surface area contributed by atoms with Gasteiger partial charge in [0, 0.05) is 44.8 Å². The zero-order valence-electron chi connectivity index (χ0n) is 16.5. The molecule has 0 aromatic heterocycles. The van der Waals surface area contributed by atoms with Crippen molar-refractivity contribution in [1.29, 1.82) is 0 Å². The van der Waals surface area contributed by atoms with Crippen LogP contribution in [0.5, 0.6) is 0 Å². The maximum absolute atomic E-state index is 14.5. The molecule has 1 saturated heterocycles. The van der Waals surface area contributed by atoms with E-state index < -0.39 is 15.8 Å². The maximum Gasteiger partial charge on any atom is 0.246 e. The van der Waals surface area contributed by atoms with E-state index in [2.05, 4.69) is 10.6 Å². The third-order valence-electron chi connectivity index (χ3n) is 5.22. The van der Waals surface area contributed by atoms with Crippen molar-refractivity contribution < 1.29 is 22.4 Å². The van der Waals surface area contributed by atoms with Gasteiger partial charge in [-0.3, -0.25) is 14.5 Å². The van der Waals surface area contributed by atoms with Gasteiger partial charge in [0.2, 0.25) is 21.8 Å². The van der Waals surface area contributed by atoms with Crippen LogP contribution in [0.3, 0.4) is 0 Å². The molecule has 10 heteroatoms. The molecule has 2 N–H and O–H groups in total. The SMILES string of the molecule is CCCCNC(=O)CN1CCN(S(=O)(=O)c2cc3c(cc2F)NC(=O)CC3)CC1. The minimum Gasteiger partial charge on any atom is -0.355 e. The van der Waals surface area contributed by atoms with Crippen LogP contribution in [0, 0.1) is 5.82 Å². The first-order valence-corrected chi connectivity index (χ1v) is 11.4. The van der Waals surface area contributed by atoms with Crippen molar-refractivity contribution in [2.75, 3.05) is 44.6 Å².